The van der Waals surface area contributed by atoms with Crippen LogP contribution in [0.3, 0.4) is 0 Å². The third-order valence-corrected chi connectivity index (χ3v) is 3.41. The van der Waals surface area contributed by atoms with Gasteiger partial charge >= 0.3 is 5.97 Å². The van der Waals surface area contributed by atoms with Crippen molar-refractivity contribution in [1.29, 1.82) is 0 Å². The molecule has 0 aromatic heterocycles. The van der Waals surface area contributed by atoms with Crippen LogP contribution in [0.5, 0.6) is 5.75 Å². The average molecular weight is 358 g/mol. The van der Waals surface area contributed by atoms with Crippen LogP contribution in [-0.2, 0) is 20.7 Å². The van der Waals surface area contributed by atoms with Crippen molar-refractivity contribution in [3.63, 3.8) is 0 Å². The van der Waals surface area contributed by atoms with Crippen molar-refractivity contribution in [2.75, 3.05) is 18.5 Å². The molecule has 0 saturated heterocycles. The summed E-state index contributed by atoms with van der Waals surface area (Å²) in [6.07, 6.45) is 0.909. The quantitative estimate of drug-likeness (QED) is 0.442. The first-order valence-electron chi connectivity index (χ1n) is 7.89. The molecule has 8 nitrogen and oxygen atoms in total. The van der Waals surface area contributed by atoms with E-state index in [4.69, 9.17) is 9.47 Å². The molecule has 0 unspecified atom stereocenters. The van der Waals surface area contributed by atoms with E-state index in [2.05, 4.69) is 5.32 Å². The van der Waals surface area contributed by atoms with E-state index in [1.54, 1.807) is 12.1 Å². The number of non-ortho nitro benzene ring substituents is 1. The van der Waals surface area contributed by atoms with Crippen LogP contribution in [0.25, 0.3) is 0 Å². The lowest BCUT2D eigenvalue weighted by molar-refractivity contribution is -0.384. The molecule has 0 bridgehead atoms. The first kappa shape index (κ1) is 18.9. The van der Waals surface area contributed by atoms with Crippen molar-refractivity contribution in [2.24, 2.45) is 0 Å². The number of carbonyl (C=O) groups excluding carboxylic acids is 2. The molecule has 0 aliphatic carbocycles. The van der Waals surface area contributed by atoms with Crippen molar-refractivity contribution in [3.05, 3.63) is 64.2 Å². The zero-order chi connectivity index (χ0) is 18.9. The van der Waals surface area contributed by atoms with Crippen LogP contribution in [0.2, 0.25) is 0 Å². The van der Waals surface area contributed by atoms with Gasteiger partial charge in [0.15, 0.2) is 13.2 Å². The molecule has 2 aromatic rings. The summed E-state index contributed by atoms with van der Waals surface area (Å²) >= 11 is 0. The summed E-state index contributed by atoms with van der Waals surface area (Å²) in [5.74, 6) is -0.697. The molecule has 1 N–H and O–H groups in total. The summed E-state index contributed by atoms with van der Waals surface area (Å²) in [6.45, 7) is 1.25. The Balaban J connectivity index is 1.72. The van der Waals surface area contributed by atoms with Gasteiger partial charge in [-0.1, -0.05) is 19.1 Å². The smallest absolute Gasteiger partial charge is 0.344 e. The van der Waals surface area contributed by atoms with Gasteiger partial charge in [0.05, 0.1) is 4.92 Å². The summed E-state index contributed by atoms with van der Waals surface area (Å²) in [4.78, 5) is 33.3. The minimum atomic E-state index is -0.677. The molecule has 1 amide bonds. The van der Waals surface area contributed by atoms with Gasteiger partial charge in [-0.25, -0.2) is 4.79 Å². The number of nitrogens with zero attached hydrogens (tertiary/aromatic N) is 1. The van der Waals surface area contributed by atoms with Crippen molar-refractivity contribution < 1.29 is 24.0 Å². The molecule has 0 atom stereocenters. The number of hydrogen-bond acceptors (Lipinski definition) is 6. The van der Waals surface area contributed by atoms with Crippen molar-refractivity contribution in [1.82, 2.24) is 0 Å². The van der Waals surface area contributed by atoms with Gasteiger partial charge in [0.1, 0.15) is 5.75 Å². The summed E-state index contributed by atoms with van der Waals surface area (Å²) in [5, 5.41) is 13.0. The Morgan fingerprint density at radius 3 is 2.27 bits per heavy atom. The normalized spacial score (nSPS) is 10.0. The fourth-order valence-electron chi connectivity index (χ4n) is 2.01. The largest absolute Gasteiger partial charge is 0.482 e. The topological polar surface area (TPSA) is 108 Å². The molecule has 0 radical (unpaired) electrons. The van der Waals surface area contributed by atoms with Crippen LogP contribution in [-0.4, -0.2) is 30.0 Å². The predicted octanol–water partition coefficient (Wildman–Crippen LogP) is 2.72. The maximum atomic E-state index is 11.7. The maximum Gasteiger partial charge on any atom is 0.344 e. The Hall–Kier alpha value is -3.42. The zero-order valence-corrected chi connectivity index (χ0v) is 14.1. The van der Waals surface area contributed by atoms with E-state index in [9.17, 15) is 19.7 Å². The number of nitro groups is 1. The zero-order valence-electron chi connectivity index (χ0n) is 14.1. The first-order valence-corrected chi connectivity index (χ1v) is 7.89. The Morgan fingerprint density at radius 1 is 1.04 bits per heavy atom. The van der Waals surface area contributed by atoms with Gasteiger partial charge in [0.25, 0.3) is 11.6 Å². The number of nitro benzene ring substituents is 1. The predicted molar refractivity (Wildman–Crippen MR) is 94.0 cm³/mol. The van der Waals surface area contributed by atoms with E-state index in [-0.39, 0.29) is 12.3 Å². The monoisotopic (exact) mass is 358 g/mol. The van der Waals surface area contributed by atoms with Crippen molar-refractivity contribution in [3.8, 4) is 5.75 Å². The molecule has 0 aliphatic rings. The minimum absolute atomic E-state index is 0.0847. The van der Waals surface area contributed by atoms with Gasteiger partial charge < -0.3 is 14.8 Å². The van der Waals surface area contributed by atoms with E-state index in [1.807, 2.05) is 19.1 Å². The molecule has 2 rings (SSSR count). The molecule has 0 fully saturated rings. The Kier molecular flexibility index (Phi) is 6.67. The van der Waals surface area contributed by atoms with Gasteiger partial charge in [-0.2, -0.15) is 0 Å². The Bertz CT molecular complexity index is 771. The van der Waals surface area contributed by atoms with Crippen LogP contribution in [0.1, 0.15) is 12.5 Å². The first-order chi connectivity index (χ1) is 12.5. The number of hydrogen-bond donors (Lipinski definition) is 1. The Morgan fingerprint density at radius 2 is 1.69 bits per heavy atom. The Labute approximate surface area is 149 Å². The number of benzene rings is 2. The second-order valence-corrected chi connectivity index (χ2v) is 5.30. The summed E-state index contributed by atoms with van der Waals surface area (Å²) < 4.78 is 10.1. The van der Waals surface area contributed by atoms with Gasteiger partial charge in [0, 0.05) is 17.8 Å². The standard InChI is InChI=1S/C18H18N2O6/c1-2-13-3-9-16(10-4-13)25-12-18(22)26-11-17(21)19-14-5-7-15(8-6-14)20(23)24/h3-10H,2,11-12H2,1H3,(H,19,21). The van der Waals surface area contributed by atoms with Gasteiger partial charge in [0.2, 0.25) is 0 Å². The van der Waals surface area contributed by atoms with Crippen LogP contribution in [0.4, 0.5) is 11.4 Å². The average Bonchev–Trinajstić information content (AvgIpc) is 2.65. The van der Waals surface area contributed by atoms with Crippen LogP contribution in [0, 0.1) is 10.1 Å². The second kappa shape index (κ2) is 9.16. The number of carbonyl (C=O) groups is 2. The van der Waals surface area contributed by atoms with Crippen molar-refractivity contribution in [2.45, 2.75) is 13.3 Å². The number of anilines is 1. The van der Waals surface area contributed by atoms with E-state index >= 15 is 0 Å². The van der Waals surface area contributed by atoms with Gasteiger partial charge in [-0.15, -0.1) is 0 Å². The number of esters is 1. The van der Waals surface area contributed by atoms with Crippen LogP contribution >= 0.6 is 0 Å². The highest BCUT2D eigenvalue weighted by Crippen LogP contribution is 2.15. The SMILES string of the molecule is CCc1ccc(OCC(=O)OCC(=O)Nc2ccc([N+](=O)[O-])cc2)cc1. The molecule has 136 valence electrons. The van der Waals surface area contributed by atoms with E-state index in [0.29, 0.717) is 11.4 Å². The lowest BCUT2D eigenvalue weighted by Gasteiger charge is -2.08. The number of nitrogens with one attached hydrogen (secondary N) is 1. The molecule has 0 aliphatic heterocycles. The molecule has 8 heteroatoms. The summed E-state index contributed by atoms with van der Waals surface area (Å²) in [5.41, 5.74) is 1.44. The maximum absolute atomic E-state index is 11.7. The van der Waals surface area contributed by atoms with Crippen LogP contribution < -0.4 is 10.1 Å². The number of aryl methyl sites for hydroxylation is 1. The summed E-state index contributed by atoms with van der Waals surface area (Å²) in [7, 11) is 0. The molecule has 0 heterocycles. The molecule has 0 saturated carbocycles. The van der Waals surface area contributed by atoms with Gasteiger partial charge in [-0.05, 0) is 36.2 Å². The molecule has 0 spiro atoms. The highest BCUT2D eigenvalue weighted by molar-refractivity contribution is 5.92. The highest BCUT2D eigenvalue weighted by Gasteiger charge is 2.10. The minimum Gasteiger partial charge on any atom is -0.482 e. The fraction of sp³-hybridized carbons (Fsp3) is 0.222. The van der Waals surface area contributed by atoms with Gasteiger partial charge in [-0.3, -0.25) is 14.9 Å². The highest BCUT2D eigenvalue weighted by atomic mass is 16.6. The molecule has 26 heavy (non-hydrogen) atoms. The number of ether oxygens (including phenoxy) is 2. The lowest BCUT2D eigenvalue weighted by atomic mass is 10.2. The number of rotatable bonds is 8. The third-order valence-electron chi connectivity index (χ3n) is 3.41. The van der Waals surface area contributed by atoms with E-state index < -0.39 is 23.4 Å². The third kappa shape index (κ3) is 5.90. The molecular formula is C18H18N2O6. The second-order valence-electron chi connectivity index (χ2n) is 5.30. The lowest BCUT2D eigenvalue weighted by Crippen LogP contribution is -2.23. The van der Waals surface area contributed by atoms with E-state index in [1.165, 1.54) is 24.3 Å². The van der Waals surface area contributed by atoms with Crippen molar-refractivity contribution >= 4 is 23.3 Å². The van der Waals surface area contributed by atoms with Crippen LogP contribution in [0.15, 0.2) is 48.5 Å². The fourth-order valence-corrected chi connectivity index (χ4v) is 2.01. The molecule has 2 aromatic carbocycles. The summed E-state index contributed by atoms with van der Waals surface area (Å²) in [6, 6.07) is 12.6. The molecular weight excluding hydrogens is 340 g/mol. The number of amides is 1. The van der Waals surface area contributed by atoms with E-state index in [0.717, 1.165) is 12.0 Å².